The van der Waals surface area contributed by atoms with Crippen molar-refractivity contribution in [2.24, 2.45) is 0 Å². The number of benzene rings is 2. The zero-order valence-electron chi connectivity index (χ0n) is 25.1. The fourth-order valence-corrected chi connectivity index (χ4v) is 5.20. The molecular formula is C26H29N9O10S2. The van der Waals surface area contributed by atoms with Crippen LogP contribution in [0, 0.1) is 0 Å². The molecule has 1 unspecified atom stereocenters. The van der Waals surface area contributed by atoms with Crippen LogP contribution < -0.4 is 30.2 Å². The number of anilines is 5. The van der Waals surface area contributed by atoms with Crippen LogP contribution in [0.4, 0.5) is 29.2 Å². The van der Waals surface area contributed by atoms with E-state index in [9.17, 15) is 31.0 Å². The van der Waals surface area contributed by atoms with Gasteiger partial charge in [-0.1, -0.05) is 24.3 Å². The number of rotatable bonds is 14. The van der Waals surface area contributed by atoms with Crippen LogP contribution in [0.1, 0.15) is 18.1 Å². The lowest BCUT2D eigenvalue weighted by atomic mass is 10.1. The molecule has 1 atom stereocenters. The van der Waals surface area contributed by atoms with Crippen LogP contribution in [0.15, 0.2) is 46.2 Å². The monoisotopic (exact) mass is 691 g/mol. The van der Waals surface area contributed by atoms with Crippen molar-refractivity contribution >= 4 is 61.6 Å². The minimum Gasteiger partial charge on any atom is -0.467 e. The fraction of sp³-hybridized carbons (Fsp3) is 0.231. The van der Waals surface area contributed by atoms with Gasteiger partial charge in [0.25, 0.3) is 20.2 Å². The summed E-state index contributed by atoms with van der Waals surface area (Å²) < 4.78 is 84.2. The molecule has 250 valence electrons. The first-order valence-electron chi connectivity index (χ1n) is 13.2. The summed E-state index contributed by atoms with van der Waals surface area (Å²) in [5.41, 5.74) is 0.240. The summed E-state index contributed by atoms with van der Waals surface area (Å²) in [6.45, 7) is 1.69. The molecule has 0 radical (unpaired) electrons. The highest BCUT2D eigenvalue weighted by Crippen LogP contribution is 2.28. The van der Waals surface area contributed by atoms with Crippen molar-refractivity contribution in [3.63, 3.8) is 0 Å². The van der Waals surface area contributed by atoms with Crippen LogP contribution in [-0.2, 0) is 20.2 Å². The molecule has 6 N–H and O–H groups in total. The second kappa shape index (κ2) is 14.5. The molecule has 4 aromatic rings. The Kier molecular flexibility index (Phi) is 10.7. The van der Waals surface area contributed by atoms with Gasteiger partial charge in [0, 0.05) is 17.9 Å². The van der Waals surface area contributed by atoms with Gasteiger partial charge in [0.05, 0.1) is 27.4 Å². The van der Waals surface area contributed by atoms with Gasteiger partial charge in [-0.15, -0.1) is 4.98 Å². The fourth-order valence-electron chi connectivity index (χ4n) is 3.78. The maximum Gasteiger partial charge on any atom is 0.324 e. The number of methoxy groups -OCH3 is 3. The summed E-state index contributed by atoms with van der Waals surface area (Å²) in [7, 11) is -5.62. The van der Waals surface area contributed by atoms with Crippen molar-refractivity contribution in [2.45, 2.75) is 22.8 Å². The number of aliphatic hydroxyl groups is 1. The van der Waals surface area contributed by atoms with Crippen LogP contribution in [0.3, 0.4) is 0 Å². The van der Waals surface area contributed by atoms with E-state index >= 15 is 0 Å². The van der Waals surface area contributed by atoms with Crippen molar-refractivity contribution in [1.82, 2.24) is 29.9 Å². The highest BCUT2D eigenvalue weighted by atomic mass is 32.2. The molecule has 0 saturated heterocycles. The molecule has 47 heavy (non-hydrogen) atoms. The summed E-state index contributed by atoms with van der Waals surface area (Å²) in [5, 5.41) is 17.9. The molecule has 0 amide bonds. The van der Waals surface area contributed by atoms with Crippen molar-refractivity contribution in [3.8, 4) is 18.0 Å². The minimum atomic E-state index is -4.81. The Morgan fingerprint density at radius 2 is 1.09 bits per heavy atom. The van der Waals surface area contributed by atoms with Gasteiger partial charge in [-0.05, 0) is 42.3 Å². The molecule has 0 spiro atoms. The first-order valence-corrected chi connectivity index (χ1v) is 16.1. The first-order chi connectivity index (χ1) is 22.2. The van der Waals surface area contributed by atoms with E-state index in [-0.39, 0.29) is 64.9 Å². The molecule has 2 aromatic carbocycles. The van der Waals surface area contributed by atoms with Crippen molar-refractivity contribution in [3.05, 3.63) is 47.5 Å². The van der Waals surface area contributed by atoms with Gasteiger partial charge in [-0.3, -0.25) is 9.11 Å². The number of hydrogen-bond acceptors (Lipinski definition) is 17. The van der Waals surface area contributed by atoms with Gasteiger partial charge in [-0.25, -0.2) is 0 Å². The number of ether oxygens (including phenoxy) is 3. The van der Waals surface area contributed by atoms with E-state index in [1.165, 1.54) is 57.7 Å². The SMILES string of the molecule is COc1nc(NCC(C)O)nc(Nc2ccc(/C=C/c3ccc(Nc4nc(OC)nc(OC)n4)cc3S(=O)(=O)O)c(S(=O)(=O)O)c2)n1. The van der Waals surface area contributed by atoms with Crippen molar-refractivity contribution in [2.75, 3.05) is 43.8 Å². The molecule has 21 heteroatoms. The summed E-state index contributed by atoms with van der Waals surface area (Å²) in [4.78, 5) is 23.0. The van der Waals surface area contributed by atoms with E-state index in [4.69, 9.17) is 14.2 Å². The largest absolute Gasteiger partial charge is 0.467 e. The number of nitrogens with one attached hydrogen (secondary N) is 3. The Hall–Kier alpha value is -5.22. The molecule has 2 heterocycles. The average molecular weight is 692 g/mol. The van der Waals surface area contributed by atoms with Crippen LogP contribution in [0.5, 0.6) is 18.0 Å². The molecule has 19 nitrogen and oxygen atoms in total. The second-order valence-electron chi connectivity index (χ2n) is 9.37. The Bertz CT molecular complexity index is 1990. The topological polar surface area (TPSA) is 270 Å². The third-order valence-corrected chi connectivity index (χ3v) is 7.67. The predicted octanol–water partition coefficient (Wildman–Crippen LogP) is 2.03. The standard InChI is InChI=1S/C26H29N9O10S2/c1-14(36)13-27-21-30-22(32-24(31-21)43-2)28-17-9-7-15(19(11-17)46(37,38)39)5-6-16-8-10-18(12-20(16)47(40,41)42)29-23-33-25(44-3)35-26(34-23)45-4/h5-12,14,36H,13H2,1-4H3,(H,37,38,39)(H,40,41,42)(H,29,33,34,35)(H2,27,28,30,31,32)/b6-5+. The molecule has 0 saturated carbocycles. The molecule has 0 aliphatic heterocycles. The smallest absolute Gasteiger partial charge is 0.324 e. The van der Waals surface area contributed by atoms with Gasteiger partial charge in [0.1, 0.15) is 9.79 Å². The van der Waals surface area contributed by atoms with E-state index < -0.39 is 36.1 Å². The maximum absolute atomic E-state index is 12.3. The van der Waals surface area contributed by atoms with Gasteiger partial charge in [0.15, 0.2) is 0 Å². The Labute approximate surface area is 268 Å². The van der Waals surface area contributed by atoms with Gasteiger partial charge >= 0.3 is 18.0 Å². The second-order valence-corrected chi connectivity index (χ2v) is 12.2. The molecule has 0 bridgehead atoms. The van der Waals surface area contributed by atoms with E-state index in [1.54, 1.807) is 6.92 Å². The van der Waals surface area contributed by atoms with Crippen molar-refractivity contribution in [1.29, 1.82) is 0 Å². The Balaban J connectivity index is 1.66. The maximum atomic E-state index is 12.3. The van der Waals surface area contributed by atoms with Crippen molar-refractivity contribution < 1.29 is 45.3 Å². The van der Waals surface area contributed by atoms with Gasteiger partial charge < -0.3 is 35.3 Å². The zero-order valence-corrected chi connectivity index (χ0v) is 26.7. The van der Waals surface area contributed by atoms with Crippen LogP contribution in [0.2, 0.25) is 0 Å². The van der Waals surface area contributed by atoms with E-state index in [0.29, 0.717) is 0 Å². The van der Waals surface area contributed by atoms with Gasteiger partial charge in [-0.2, -0.15) is 41.8 Å². The summed E-state index contributed by atoms with van der Waals surface area (Å²) in [6, 6.07) is 7.52. The lowest BCUT2D eigenvalue weighted by Gasteiger charge is -2.12. The third kappa shape index (κ3) is 9.40. The Morgan fingerprint density at radius 3 is 1.49 bits per heavy atom. The van der Waals surface area contributed by atoms with Crippen LogP contribution in [0.25, 0.3) is 12.2 Å². The van der Waals surface area contributed by atoms with Crippen LogP contribution in [-0.4, -0.2) is 94.9 Å². The van der Waals surface area contributed by atoms with Gasteiger partial charge in [0.2, 0.25) is 17.8 Å². The summed E-state index contributed by atoms with van der Waals surface area (Å²) >= 11 is 0. The number of aliphatic hydroxyl groups excluding tert-OH is 1. The molecule has 0 aliphatic rings. The highest BCUT2D eigenvalue weighted by Gasteiger charge is 2.19. The zero-order chi connectivity index (χ0) is 34.4. The van der Waals surface area contributed by atoms with E-state index in [0.717, 1.165) is 12.1 Å². The Morgan fingerprint density at radius 1 is 0.681 bits per heavy atom. The molecular weight excluding hydrogens is 662 g/mol. The minimum absolute atomic E-state index is 0.0261. The van der Waals surface area contributed by atoms with Crippen LogP contribution >= 0.6 is 0 Å². The average Bonchev–Trinajstić information content (AvgIpc) is 3.02. The molecule has 0 aliphatic carbocycles. The molecule has 0 fully saturated rings. The highest BCUT2D eigenvalue weighted by molar-refractivity contribution is 7.86. The number of nitrogens with zero attached hydrogens (tertiary/aromatic N) is 6. The lowest BCUT2D eigenvalue weighted by molar-refractivity contribution is 0.208. The summed E-state index contributed by atoms with van der Waals surface area (Å²) in [5.74, 6) is -0.0267. The lowest BCUT2D eigenvalue weighted by Crippen LogP contribution is -2.17. The number of hydrogen-bond donors (Lipinski definition) is 6. The third-order valence-electron chi connectivity index (χ3n) is 5.85. The quantitative estimate of drug-likeness (QED) is 0.0815. The molecule has 2 aromatic heterocycles. The normalized spacial score (nSPS) is 12.4. The predicted molar refractivity (Wildman–Crippen MR) is 167 cm³/mol. The van der Waals surface area contributed by atoms with E-state index in [1.807, 2.05) is 0 Å². The molecule has 4 rings (SSSR count). The summed E-state index contributed by atoms with van der Waals surface area (Å²) in [6.07, 6.45) is 1.76. The number of aromatic nitrogens is 6. The van der Waals surface area contributed by atoms with E-state index in [2.05, 4.69) is 45.9 Å². The first kappa shape index (κ1) is 34.6.